The first-order valence-electron chi connectivity index (χ1n) is 16.2. The van der Waals surface area contributed by atoms with Crippen molar-refractivity contribution in [2.75, 3.05) is 25.6 Å². The number of hydrogen-bond donors (Lipinski definition) is 1. The Hall–Kier alpha value is -3.83. The number of rotatable bonds is 7. The van der Waals surface area contributed by atoms with E-state index < -0.39 is 6.09 Å². The van der Waals surface area contributed by atoms with E-state index in [4.69, 9.17) is 9.47 Å². The molecule has 4 fully saturated rings. The average Bonchev–Trinajstić information content (AvgIpc) is 3.61. The summed E-state index contributed by atoms with van der Waals surface area (Å²) in [5.74, 6) is 7.45. The lowest BCUT2D eigenvalue weighted by atomic mass is 9.51. The smallest absolute Gasteiger partial charge is 0.407 e. The molecule has 236 valence electrons. The van der Waals surface area contributed by atoms with Crippen molar-refractivity contribution in [2.24, 2.45) is 11.3 Å². The van der Waals surface area contributed by atoms with E-state index in [0.29, 0.717) is 25.7 Å². The number of hydrogen-bond acceptors (Lipinski definition) is 6. The Bertz CT molecular complexity index is 1560. The number of alkyl carbamates (subject to hydrolysis) is 1. The third-order valence-corrected chi connectivity index (χ3v) is 11.3. The second kappa shape index (κ2) is 13.3. The Labute approximate surface area is 270 Å². The average molecular weight is 626 g/mol. The highest BCUT2D eigenvalue weighted by molar-refractivity contribution is 7.10. The van der Waals surface area contributed by atoms with Crippen LogP contribution >= 0.6 is 11.3 Å². The number of aryl methyl sites for hydroxylation is 1. The van der Waals surface area contributed by atoms with Gasteiger partial charge < -0.3 is 19.7 Å². The number of methoxy groups -OCH3 is 1. The van der Waals surface area contributed by atoms with Gasteiger partial charge in [-0.3, -0.25) is 4.79 Å². The zero-order valence-electron chi connectivity index (χ0n) is 26.6. The summed E-state index contributed by atoms with van der Waals surface area (Å²) >= 11 is 1.52. The molecule has 1 N–H and O–H groups in total. The highest BCUT2D eigenvalue weighted by atomic mass is 32.1. The fourth-order valence-electron chi connectivity index (χ4n) is 7.79. The van der Waals surface area contributed by atoms with E-state index >= 15 is 0 Å². The molecular weight excluding hydrogens is 582 g/mol. The largest absolute Gasteiger partial charge is 0.496 e. The molecule has 8 heteroatoms. The maximum Gasteiger partial charge on any atom is 0.407 e. The lowest BCUT2D eigenvalue weighted by Gasteiger charge is -2.55. The summed E-state index contributed by atoms with van der Waals surface area (Å²) in [7, 11) is 3.30. The predicted molar refractivity (Wildman–Crippen MR) is 178 cm³/mol. The fraction of sp³-hybridized carbons (Fsp3) is 0.486. The van der Waals surface area contributed by atoms with E-state index in [-0.39, 0.29) is 28.8 Å². The van der Waals surface area contributed by atoms with Crippen LogP contribution in [0, 0.1) is 30.1 Å². The predicted octanol–water partition coefficient (Wildman–Crippen LogP) is 7.40. The number of anilines is 1. The van der Waals surface area contributed by atoms with Crippen LogP contribution in [0.4, 0.5) is 10.5 Å². The Morgan fingerprint density at radius 3 is 2.42 bits per heavy atom. The highest BCUT2D eigenvalue weighted by Crippen LogP contribution is 2.58. The van der Waals surface area contributed by atoms with Crippen molar-refractivity contribution >= 4 is 29.0 Å². The number of ether oxygens (including phenoxy) is 2. The van der Waals surface area contributed by atoms with E-state index in [1.807, 2.05) is 17.5 Å². The summed E-state index contributed by atoms with van der Waals surface area (Å²) in [4.78, 5) is 32.6. The molecule has 0 unspecified atom stereocenters. The third kappa shape index (κ3) is 6.74. The summed E-state index contributed by atoms with van der Waals surface area (Å²) in [6.07, 6.45) is 10.8. The summed E-state index contributed by atoms with van der Waals surface area (Å²) in [6, 6.07) is 14.8. The lowest BCUT2D eigenvalue weighted by molar-refractivity contribution is -0.124. The van der Waals surface area contributed by atoms with E-state index in [2.05, 4.69) is 64.3 Å². The molecule has 7 rings (SSSR count). The second-order valence-electron chi connectivity index (χ2n) is 13.2. The van der Waals surface area contributed by atoms with Crippen molar-refractivity contribution in [1.29, 1.82) is 0 Å². The monoisotopic (exact) mass is 625 g/mol. The van der Waals surface area contributed by atoms with E-state index in [9.17, 15) is 9.59 Å². The summed E-state index contributed by atoms with van der Waals surface area (Å²) in [6.45, 7) is 2.85. The number of aromatic nitrogens is 1. The molecule has 4 aliphatic rings. The Kier molecular flexibility index (Phi) is 9.18. The Morgan fingerprint density at radius 2 is 1.78 bits per heavy atom. The minimum atomic E-state index is -0.406. The van der Waals surface area contributed by atoms with E-state index in [1.165, 1.54) is 22.5 Å². The molecule has 4 aliphatic carbocycles. The van der Waals surface area contributed by atoms with Gasteiger partial charge in [-0.1, -0.05) is 24.1 Å². The van der Waals surface area contributed by atoms with E-state index in [0.717, 1.165) is 67.1 Å². The number of fused-ring (bicyclic) bond motifs is 3. The van der Waals surface area contributed by atoms with Crippen LogP contribution in [0.1, 0.15) is 85.9 Å². The number of thiazole rings is 1. The van der Waals surface area contributed by atoms with Gasteiger partial charge in [-0.2, -0.15) is 0 Å². The molecule has 4 saturated carbocycles. The topological polar surface area (TPSA) is 80.8 Å². The van der Waals surface area contributed by atoms with Crippen LogP contribution in [-0.4, -0.2) is 43.8 Å². The molecule has 2 bridgehead atoms. The Balaban J connectivity index is 1.23. The van der Waals surface area contributed by atoms with Crippen LogP contribution in [0.15, 0.2) is 54.0 Å². The number of benzene rings is 2. The van der Waals surface area contributed by atoms with Gasteiger partial charge in [0.1, 0.15) is 11.9 Å². The van der Waals surface area contributed by atoms with Gasteiger partial charge >= 0.3 is 6.09 Å². The van der Waals surface area contributed by atoms with Crippen molar-refractivity contribution < 1.29 is 19.1 Å². The van der Waals surface area contributed by atoms with Crippen LogP contribution in [0.5, 0.6) is 5.75 Å². The van der Waals surface area contributed by atoms with Crippen molar-refractivity contribution in [1.82, 2.24) is 10.3 Å². The van der Waals surface area contributed by atoms with Crippen molar-refractivity contribution in [3.8, 4) is 17.6 Å². The zero-order chi connectivity index (χ0) is 31.4. The third-order valence-electron chi connectivity index (χ3n) is 10.6. The number of nitrogens with zero attached hydrogens (tertiary/aromatic N) is 2. The molecule has 0 aliphatic heterocycles. The van der Waals surface area contributed by atoms with Crippen LogP contribution in [0.3, 0.4) is 0 Å². The van der Waals surface area contributed by atoms with Gasteiger partial charge in [0, 0.05) is 42.3 Å². The van der Waals surface area contributed by atoms with Crippen LogP contribution < -0.4 is 15.0 Å². The first kappa shape index (κ1) is 31.2. The van der Waals surface area contributed by atoms with Crippen LogP contribution in [0.25, 0.3) is 0 Å². The van der Waals surface area contributed by atoms with Gasteiger partial charge in [0.15, 0.2) is 5.01 Å². The normalized spacial score (nSPS) is 25.5. The van der Waals surface area contributed by atoms with Crippen molar-refractivity contribution in [3.05, 3.63) is 75.7 Å². The molecule has 2 amide bonds. The summed E-state index contributed by atoms with van der Waals surface area (Å²) < 4.78 is 11.0. The molecule has 1 aromatic heterocycles. The lowest BCUT2D eigenvalue weighted by Crippen LogP contribution is -2.51. The number of nitrogens with one attached hydrogen (secondary N) is 1. The van der Waals surface area contributed by atoms with Crippen molar-refractivity contribution in [3.63, 3.8) is 0 Å². The molecule has 7 nitrogen and oxygen atoms in total. The zero-order valence-corrected chi connectivity index (χ0v) is 27.4. The van der Waals surface area contributed by atoms with Crippen molar-refractivity contribution in [2.45, 2.75) is 82.7 Å². The van der Waals surface area contributed by atoms with Gasteiger partial charge in [-0.25, -0.2) is 9.78 Å². The molecule has 0 saturated heterocycles. The maximum atomic E-state index is 14.4. The Morgan fingerprint density at radius 1 is 1.02 bits per heavy atom. The second-order valence-corrected chi connectivity index (χ2v) is 14.1. The van der Waals surface area contributed by atoms with Crippen LogP contribution in [0.2, 0.25) is 0 Å². The van der Waals surface area contributed by atoms with Gasteiger partial charge in [0.2, 0.25) is 5.91 Å². The van der Waals surface area contributed by atoms with Crippen LogP contribution in [-0.2, 0) is 14.9 Å². The SMILES string of the molecule is CNC(=O)OC1CCC(C(=O)N(CC23CCC(c4ccc(OC)c(C)c4)(CC2)CC3)c2cccc(C#Cc3nccs3)c2)CC1. The molecular formula is C37H43N3O4S. The van der Waals surface area contributed by atoms with Gasteiger partial charge in [0.25, 0.3) is 0 Å². The molecule has 1 heterocycles. The fourth-order valence-corrected chi connectivity index (χ4v) is 8.28. The summed E-state index contributed by atoms with van der Waals surface area (Å²) in [5, 5.41) is 5.24. The minimum absolute atomic E-state index is 0.0930. The summed E-state index contributed by atoms with van der Waals surface area (Å²) in [5.41, 5.74) is 4.73. The van der Waals surface area contributed by atoms with Gasteiger partial charge in [-0.05, 0) is 123 Å². The highest BCUT2D eigenvalue weighted by Gasteiger charge is 2.50. The molecule has 3 aromatic rings. The molecule has 45 heavy (non-hydrogen) atoms. The standard InChI is InChI=1S/C37H43N3O4S/c1-26-23-29(10-13-32(26)43-3)37-18-15-36(16-19-37,17-20-37)25-40(34(41)28-8-11-31(12-9-28)44-35(42)38-2)30-6-4-5-27(24-30)7-14-33-39-21-22-45-33/h4-6,10,13,21-24,28,31H,8-9,11-12,15-20,25H2,1-3H3,(H,38,42). The number of carbonyl (C=O) groups is 2. The minimum Gasteiger partial charge on any atom is -0.496 e. The first-order valence-corrected chi connectivity index (χ1v) is 17.1. The quantitative estimate of drug-likeness (QED) is 0.277. The van der Waals surface area contributed by atoms with E-state index in [1.54, 1.807) is 20.4 Å². The molecule has 0 radical (unpaired) electrons. The molecule has 2 aromatic carbocycles. The molecule has 0 atom stereocenters. The van der Waals surface area contributed by atoms with Gasteiger partial charge in [0.05, 0.1) is 7.11 Å². The first-order chi connectivity index (χ1) is 21.8. The van der Waals surface area contributed by atoms with Gasteiger partial charge in [-0.15, -0.1) is 11.3 Å². The number of carbonyl (C=O) groups excluding carboxylic acids is 2. The maximum absolute atomic E-state index is 14.4. The number of amides is 2. The molecule has 0 spiro atoms.